The number of anilines is 3. The molecule has 2 aliphatic rings. The summed E-state index contributed by atoms with van der Waals surface area (Å²) in [5.74, 6) is 2.85. The molecule has 0 radical (unpaired) electrons. The second-order valence-electron chi connectivity index (χ2n) is 9.08. The maximum Gasteiger partial charge on any atom is 0.243 e. The molecule has 5 rings (SSSR count). The summed E-state index contributed by atoms with van der Waals surface area (Å²) in [5, 5.41) is 6.71. The maximum absolute atomic E-state index is 11.9. The molecule has 10 heteroatoms. The van der Waals surface area contributed by atoms with E-state index in [4.69, 9.17) is 16.6 Å². The molecule has 0 atom stereocenters. The Morgan fingerprint density at radius 1 is 1.21 bits per heavy atom. The van der Waals surface area contributed by atoms with Crippen LogP contribution in [0.1, 0.15) is 24.6 Å². The summed E-state index contributed by atoms with van der Waals surface area (Å²) < 4.78 is 2.30. The van der Waals surface area contributed by atoms with Crippen molar-refractivity contribution in [3.8, 4) is 11.3 Å². The summed E-state index contributed by atoms with van der Waals surface area (Å²) in [4.78, 5) is 30.2. The summed E-state index contributed by atoms with van der Waals surface area (Å²) in [6.45, 7) is 3.72. The lowest BCUT2D eigenvalue weighted by atomic mass is 9.95. The molecule has 1 amide bonds. The number of amides is 1. The molecule has 9 nitrogen and oxygen atoms in total. The van der Waals surface area contributed by atoms with Gasteiger partial charge in [-0.3, -0.25) is 4.79 Å². The van der Waals surface area contributed by atoms with Gasteiger partial charge in [-0.25, -0.2) is 15.0 Å². The van der Waals surface area contributed by atoms with E-state index in [-0.39, 0.29) is 12.5 Å². The number of hydrogen-bond acceptors (Lipinski definition) is 7. The third-order valence-electron chi connectivity index (χ3n) is 6.38. The van der Waals surface area contributed by atoms with E-state index in [2.05, 4.69) is 61.3 Å². The van der Waals surface area contributed by atoms with Crippen LogP contribution in [0, 0.1) is 0 Å². The molecule has 1 saturated heterocycles. The Morgan fingerprint density at radius 2 is 2.03 bits per heavy atom. The molecule has 2 aromatic heterocycles. The van der Waals surface area contributed by atoms with E-state index < -0.39 is 0 Å². The number of piperidine rings is 1. The molecule has 2 N–H and O–H groups in total. The smallest absolute Gasteiger partial charge is 0.243 e. The summed E-state index contributed by atoms with van der Waals surface area (Å²) in [7, 11) is 4.17. The zero-order chi connectivity index (χ0) is 23.7. The van der Waals surface area contributed by atoms with Gasteiger partial charge < -0.3 is 25.0 Å². The number of benzene rings is 1. The van der Waals surface area contributed by atoms with Gasteiger partial charge in [0.15, 0.2) is 11.6 Å². The van der Waals surface area contributed by atoms with Crippen molar-refractivity contribution in [1.29, 1.82) is 0 Å². The zero-order valence-corrected chi connectivity index (χ0v) is 20.2. The fourth-order valence-electron chi connectivity index (χ4n) is 4.59. The van der Waals surface area contributed by atoms with Crippen LogP contribution in [0.25, 0.3) is 11.3 Å². The number of hydrogen-bond donors (Lipinski definition) is 2. The van der Waals surface area contributed by atoms with Gasteiger partial charge in [-0.2, -0.15) is 0 Å². The van der Waals surface area contributed by atoms with Gasteiger partial charge in [0.05, 0.1) is 12.2 Å². The number of rotatable bonds is 6. The number of halogens is 1. The highest BCUT2D eigenvalue weighted by Gasteiger charge is 2.29. The molecule has 4 heterocycles. The Kier molecular flexibility index (Phi) is 6.38. The van der Waals surface area contributed by atoms with Gasteiger partial charge in [0, 0.05) is 48.9 Å². The first-order chi connectivity index (χ1) is 16.5. The molecule has 34 heavy (non-hydrogen) atoms. The van der Waals surface area contributed by atoms with E-state index in [1.807, 2.05) is 18.2 Å². The molecule has 1 fully saturated rings. The second kappa shape index (κ2) is 9.60. The largest absolute Gasteiger partial charge is 0.359 e. The lowest BCUT2D eigenvalue weighted by Crippen LogP contribution is -2.37. The minimum absolute atomic E-state index is 0.0742. The highest BCUT2D eigenvalue weighted by atomic mass is 35.5. The van der Waals surface area contributed by atoms with Crippen LogP contribution in [0.4, 0.5) is 17.3 Å². The van der Waals surface area contributed by atoms with Gasteiger partial charge in [0.1, 0.15) is 17.8 Å². The average Bonchev–Trinajstić information content (AvgIpc) is 3.27. The number of nitrogens with one attached hydrogen (secondary N) is 2. The quantitative estimate of drug-likeness (QED) is 0.559. The number of likely N-dealkylation sites (N-methyl/N-ethyl adjacent to an activating group) is 1. The van der Waals surface area contributed by atoms with Crippen molar-refractivity contribution in [2.75, 3.05) is 55.8 Å². The third kappa shape index (κ3) is 4.71. The average molecular weight is 481 g/mol. The minimum Gasteiger partial charge on any atom is -0.359 e. The van der Waals surface area contributed by atoms with E-state index in [0.29, 0.717) is 22.4 Å². The normalized spacial score (nSPS) is 16.4. The zero-order valence-electron chi connectivity index (χ0n) is 19.5. The lowest BCUT2D eigenvalue weighted by molar-refractivity contribution is -0.114. The number of fused-ring (bicyclic) bond motifs is 1. The highest BCUT2D eigenvalue weighted by molar-refractivity contribution is 6.30. The van der Waals surface area contributed by atoms with Crippen LogP contribution >= 0.6 is 11.6 Å². The summed E-state index contributed by atoms with van der Waals surface area (Å²) in [6.07, 6.45) is 5.61. The van der Waals surface area contributed by atoms with Crippen LogP contribution in [-0.2, 0) is 11.3 Å². The summed E-state index contributed by atoms with van der Waals surface area (Å²) in [6, 6.07) is 7.86. The standard InChI is InChI=1S/C24H29ClN8O/c1-31(2)10-11-33-14-19(17-4-3-5-18(25)12-17)29-23(33)16-6-8-32(9-7-16)24-21-22(27-15-28-24)26-13-20(34)30-21/h3-5,12,14-16H,6-11,13H2,1-2H3,(H,30,34)(H,26,27,28). The van der Waals surface area contributed by atoms with Crippen molar-refractivity contribution in [2.45, 2.75) is 25.3 Å². The first-order valence-corrected chi connectivity index (χ1v) is 12.0. The Bertz CT molecular complexity index is 1190. The van der Waals surface area contributed by atoms with Crippen molar-refractivity contribution >= 4 is 34.8 Å². The lowest BCUT2D eigenvalue weighted by Gasteiger charge is -2.34. The second-order valence-corrected chi connectivity index (χ2v) is 9.51. The van der Waals surface area contributed by atoms with Crippen LogP contribution in [0.2, 0.25) is 5.02 Å². The molecule has 178 valence electrons. The van der Waals surface area contributed by atoms with E-state index in [1.54, 1.807) is 6.33 Å². The van der Waals surface area contributed by atoms with Crippen LogP contribution < -0.4 is 15.5 Å². The first-order valence-electron chi connectivity index (χ1n) is 11.6. The topological polar surface area (TPSA) is 91.2 Å². The third-order valence-corrected chi connectivity index (χ3v) is 6.62. The fourth-order valence-corrected chi connectivity index (χ4v) is 4.78. The summed E-state index contributed by atoms with van der Waals surface area (Å²) >= 11 is 6.24. The Labute approximate surface area is 204 Å². The molecule has 0 spiro atoms. The number of aromatic nitrogens is 4. The monoisotopic (exact) mass is 480 g/mol. The van der Waals surface area contributed by atoms with E-state index >= 15 is 0 Å². The number of imidazole rings is 1. The van der Waals surface area contributed by atoms with Crippen LogP contribution in [0.15, 0.2) is 36.8 Å². The Morgan fingerprint density at radius 3 is 2.79 bits per heavy atom. The first kappa shape index (κ1) is 22.6. The Balaban J connectivity index is 1.37. The molecule has 3 aromatic rings. The van der Waals surface area contributed by atoms with Gasteiger partial charge in [-0.05, 0) is 39.1 Å². The fraction of sp³-hybridized carbons (Fsp3) is 0.417. The maximum atomic E-state index is 11.9. The number of carbonyl (C=O) groups is 1. The van der Waals surface area contributed by atoms with Crippen molar-refractivity contribution in [1.82, 2.24) is 24.4 Å². The summed E-state index contributed by atoms with van der Waals surface area (Å²) in [5.41, 5.74) is 2.66. The number of carbonyl (C=O) groups excluding carboxylic acids is 1. The molecular formula is C24H29ClN8O. The van der Waals surface area contributed by atoms with Gasteiger partial charge in [0.2, 0.25) is 5.91 Å². The molecular weight excluding hydrogens is 452 g/mol. The van der Waals surface area contributed by atoms with Gasteiger partial charge in [0.25, 0.3) is 0 Å². The van der Waals surface area contributed by atoms with Crippen LogP contribution in [0.3, 0.4) is 0 Å². The van der Waals surface area contributed by atoms with Crippen LogP contribution in [0.5, 0.6) is 0 Å². The van der Waals surface area contributed by atoms with Crippen molar-refractivity contribution in [3.63, 3.8) is 0 Å². The van der Waals surface area contributed by atoms with E-state index in [0.717, 1.165) is 61.9 Å². The minimum atomic E-state index is -0.0742. The predicted molar refractivity (Wildman–Crippen MR) is 135 cm³/mol. The van der Waals surface area contributed by atoms with Crippen molar-refractivity contribution < 1.29 is 4.79 Å². The van der Waals surface area contributed by atoms with Crippen LogP contribution in [-0.4, -0.2) is 70.6 Å². The van der Waals surface area contributed by atoms with Gasteiger partial charge >= 0.3 is 0 Å². The molecule has 0 bridgehead atoms. The van der Waals surface area contributed by atoms with Gasteiger partial charge in [-0.15, -0.1) is 0 Å². The molecule has 1 aromatic carbocycles. The van der Waals surface area contributed by atoms with E-state index in [1.165, 1.54) is 0 Å². The predicted octanol–water partition coefficient (Wildman–Crippen LogP) is 3.30. The van der Waals surface area contributed by atoms with Crippen molar-refractivity contribution in [3.05, 3.63) is 47.6 Å². The number of nitrogens with zero attached hydrogens (tertiary/aromatic N) is 6. The van der Waals surface area contributed by atoms with Crippen molar-refractivity contribution in [2.24, 2.45) is 0 Å². The SMILES string of the molecule is CN(C)CCn1cc(-c2cccc(Cl)c2)nc1C1CCN(c2ncnc3c2NC(=O)CN3)CC1. The Hall–Kier alpha value is -3.17. The molecule has 2 aliphatic heterocycles. The highest BCUT2D eigenvalue weighted by Crippen LogP contribution is 2.36. The molecule has 0 saturated carbocycles. The van der Waals surface area contributed by atoms with Gasteiger partial charge in [-0.1, -0.05) is 23.7 Å². The molecule has 0 unspecified atom stereocenters. The molecule has 0 aliphatic carbocycles. The van der Waals surface area contributed by atoms with E-state index in [9.17, 15) is 4.79 Å².